The van der Waals surface area contributed by atoms with Crippen LogP contribution < -0.4 is 16.4 Å². The lowest BCUT2D eigenvalue weighted by atomic mass is 9.62. The van der Waals surface area contributed by atoms with Gasteiger partial charge in [0.05, 0.1) is 16.1 Å². The quantitative estimate of drug-likeness (QED) is 0.194. The van der Waals surface area contributed by atoms with Crippen molar-refractivity contribution >= 4 is 23.2 Å². The van der Waals surface area contributed by atoms with Crippen molar-refractivity contribution in [1.82, 2.24) is 10.6 Å². The normalized spacial score (nSPS) is 23.5. The molecule has 0 saturated heterocycles. The Morgan fingerprint density at radius 3 is 2.30 bits per heavy atom. The Kier molecular flexibility index (Phi) is 9.19. The van der Waals surface area contributed by atoms with Crippen molar-refractivity contribution in [3.8, 4) is 11.1 Å². The maximum absolute atomic E-state index is 6.42. The van der Waals surface area contributed by atoms with Gasteiger partial charge in [-0.15, -0.1) is 0 Å². The second-order valence-electron chi connectivity index (χ2n) is 13.8. The second kappa shape index (κ2) is 13.5. The summed E-state index contributed by atoms with van der Waals surface area (Å²) in [5, 5.41) is 9.05. The van der Waals surface area contributed by atoms with Gasteiger partial charge in [0.15, 0.2) is 0 Å². The monoisotopic (exact) mass is 649 g/mol. The molecule has 0 heterocycles. The Morgan fingerprint density at radius 2 is 1.65 bits per heavy atom. The maximum Gasteiger partial charge on any atom is 0.0595 e. The first-order valence-electron chi connectivity index (χ1n) is 17.1. The molecule has 0 aliphatic heterocycles. The van der Waals surface area contributed by atoms with E-state index in [9.17, 15) is 0 Å². The van der Waals surface area contributed by atoms with Gasteiger partial charge in [-0.3, -0.25) is 0 Å². The number of hydrogen-bond donors (Lipinski definition) is 3. The van der Waals surface area contributed by atoms with Gasteiger partial charge in [0.1, 0.15) is 0 Å². The molecule has 3 nitrogen and oxygen atoms in total. The standard InChI is InChI=1S/C41H45Cl2N3/c1-25-21-35-34-17-15-32(34)23-40(36(35)24-39(25)45-26(2)33(19-20-44)31-16-18-37(42)38(43)22-31)46-41(29-9-6-10-29)30-13-11-28(12-14-30)27-7-4-3-5-8-27/h3-5,7-8,11-14,16,18,22-25,29,32-34,41,45-46H,2,6,9-10,15,17,19-21,44H2,1H3/t25-,32?,33?,34?,41?/m1/s1. The molecular formula is C41H45Cl2N3. The topological polar surface area (TPSA) is 50.1 Å². The molecule has 2 fully saturated rings. The number of benzene rings is 3. The molecule has 2 saturated carbocycles. The van der Waals surface area contributed by atoms with Gasteiger partial charge in [0.2, 0.25) is 0 Å². The van der Waals surface area contributed by atoms with Crippen LogP contribution in [0.4, 0.5) is 0 Å². The lowest BCUT2D eigenvalue weighted by molar-refractivity contribution is 0.230. The molecule has 5 heteroatoms. The predicted octanol–water partition coefficient (Wildman–Crippen LogP) is 10.5. The molecule has 0 bridgehead atoms. The fourth-order valence-corrected chi connectivity index (χ4v) is 8.23. The highest BCUT2D eigenvalue weighted by atomic mass is 35.5. The smallest absolute Gasteiger partial charge is 0.0595 e. The summed E-state index contributed by atoms with van der Waals surface area (Å²) in [6, 6.07) is 26.1. The number of fused-ring (bicyclic) bond motifs is 2. The Bertz CT molecular complexity index is 1680. The van der Waals surface area contributed by atoms with E-state index in [1.54, 1.807) is 5.57 Å². The molecule has 0 aromatic heterocycles. The molecule has 46 heavy (non-hydrogen) atoms. The summed E-state index contributed by atoms with van der Waals surface area (Å²) in [6.45, 7) is 7.43. The van der Waals surface area contributed by atoms with Gasteiger partial charge in [-0.1, -0.05) is 115 Å². The van der Waals surface area contributed by atoms with Gasteiger partial charge < -0.3 is 16.4 Å². The van der Waals surface area contributed by atoms with Crippen molar-refractivity contribution in [3.63, 3.8) is 0 Å². The number of nitrogens with one attached hydrogen (secondary N) is 2. The Balaban J connectivity index is 1.16. The zero-order valence-corrected chi connectivity index (χ0v) is 28.3. The molecule has 3 aromatic carbocycles. The number of allylic oxidation sites excluding steroid dienone is 5. The summed E-state index contributed by atoms with van der Waals surface area (Å²) >= 11 is 12.7. The predicted molar refractivity (Wildman–Crippen MR) is 193 cm³/mol. The van der Waals surface area contributed by atoms with Crippen molar-refractivity contribution in [2.24, 2.45) is 29.4 Å². The molecule has 0 amide bonds. The van der Waals surface area contributed by atoms with Crippen LogP contribution >= 0.6 is 23.2 Å². The molecule has 0 spiro atoms. The van der Waals surface area contributed by atoms with E-state index in [0.717, 1.165) is 24.1 Å². The second-order valence-corrected chi connectivity index (χ2v) is 14.6. The minimum Gasteiger partial charge on any atom is -0.378 e. The van der Waals surface area contributed by atoms with Crippen LogP contribution in [0.1, 0.15) is 75.0 Å². The Morgan fingerprint density at radius 1 is 0.913 bits per heavy atom. The number of halogens is 2. The van der Waals surface area contributed by atoms with Crippen LogP contribution in [0.3, 0.4) is 0 Å². The largest absolute Gasteiger partial charge is 0.378 e. The molecule has 0 radical (unpaired) electrons. The molecule has 7 rings (SSSR count). The zero-order chi connectivity index (χ0) is 31.8. The van der Waals surface area contributed by atoms with Crippen LogP contribution in [0.15, 0.2) is 120 Å². The van der Waals surface area contributed by atoms with Gasteiger partial charge in [-0.2, -0.15) is 0 Å². The van der Waals surface area contributed by atoms with E-state index < -0.39 is 0 Å². The summed E-state index contributed by atoms with van der Waals surface area (Å²) < 4.78 is 0. The van der Waals surface area contributed by atoms with Crippen molar-refractivity contribution in [1.29, 1.82) is 0 Å². The summed E-state index contributed by atoms with van der Waals surface area (Å²) in [7, 11) is 0. The number of rotatable bonds is 11. The van der Waals surface area contributed by atoms with Gasteiger partial charge in [-0.05, 0) is 115 Å². The molecule has 238 valence electrons. The summed E-state index contributed by atoms with van der Waals surface area (Å²) in [4.78, 5) is 0. The minimum atomic E-state index is 0.0422. The highest BCUT2D eigenvalue weighted by Gasteiger charge is 2.41. The van der Waals surface area contributed by atoms with Crippen molar-refractivity contribution in [2.75, 3.05) is 6.54 Å². The third-order valence-corrected chi connectivity index (χ3v) is 11.7. The maximum atomic E-state index is 6.42. The molecular weight excluding hydrogens is 605 g/mol. The average molecular weight is 651 g/mol. The summed E-state index contributed by atoms with van der Waals surface area (Å²) in [5.74, 6) is 2.41. The Labute approximate surface area is 284 Å². The fraction of sp³-hybridized carbons (Fsp3) is 0.366. The SMILES string of the molecule is C=C(NC1=CC2=C(C[C@H]1C)C1CCC1C=C2NC(c1ccc(-c2ccccc2)cc1)C1CCC1)C(CCN)c1ccc(Cl)c(Cl)c1. The lowest BCUT2D eigenvalue weighted by Crippen LogP contribution is -2.39. The molecule has 4 unspecified atom stereocenters. The van der Waals surface area contributed by atoms with Crippen LogP contribution in [-0.2, 0) is 0 Å². The first-order valence-corrected chi connectivity index (χ1v) is 17.8. The van der Waals surface area contributed by atoms with Crippen molar-refractivity contribution in [2.45, 2.75) is 63.8 Å². The van der Waals surface area contributed by atoms with E-state index in [1.165, 1.54) is 65.8 Å². The van der Waals surface area contributed by atoms with Crippen LogP contribution in [0.5, 0.6) is 0 Å². The average Bonchev–Trinajstić information content (AvgIpc) is 3.02. The highest BCUT2D eigenvalue weighted by molar-refractivity contribution is 6.42. The van der Waals surface area contributed by atoms with Crippen LogP contribution in [0.2, 0.25) is 10.0 Å². The molecule has 4 aliphatic carbocycles. The first-order chi connectivity index (χ1) is 22.4. The summed E-state index contributed by atoms with van der Waals surface area (Å²) in [6.07, 6.45) is 13.3. The van der Waals surface area contributed by atoms with Crippen LogP contribution in [0, 0.1) is 23.7 Å². The molecule has 3 aromatic rings. The molecule has 4 aliphatic rings. The van der Waals surface area contributed by atoms with Crippen LogP contribution in [0.25, 0.3) is 11.1 Å². The van der Waals surface area contributed by atoms with E-state index in [2.05, 4.69) is 90.9 Å². The van der Waals surface area contributed by atoms with E-state index in [-0.39, 0.29) is 5.92 Å². The van der Waals surface area contributed by atoms with Crippen LogP contribution in [-0.4, -0.2) is 6.54 Å². The van der Waals surface area contributed by atoms with Gasteiger partial charge in [0.25, 0.3) is 0 Å². The minimum absolute atomic E-state index is 0.0422. The van der Waals surface area contributed by atoms with E-state index in [0.29, 0.717) is 46.3 Å². The highest BCUT2D eigenvalue weighted by Crippen LogP contribution is 2.51. The third kappa shape index (κ3) is 6.22. The summed E-state index contributed by atoms with van der Waals surface area (Å²) in [5.41, 5.74) is 17.6. The number of nitrogens with two attached hydrogens (primary N) is 1. The Hall–Kier alpha value is -3.24. The van der Waals surface area contributed by atoms with Gasteiger partial charge in [-0.25, -0.2) is 0 Å². The van der Waals surface area contributed by atoms with Gasteiger partial charge in [0, 0.05) is 23.0 Å². The lowest BCUT2D eigenvalue weighted by Gasteiger charge is -2.46. The van der Waals surface area contributed by atoms with E-state index in [4.69, 9.17) is 28.9 Å². The fourth-order valence-electron chi connectivity index (χ4n) is 7.93. The van der Waals surface area contributed by atoms with Crippen molar-refractivity contribution < 1.29 is 0 Å². The molecule has 4 N–H and O–H groups in total. The third-order valence-electron chi connectivity index (χ3n) is 11.0. The molecule has 5 atom stereocenters. The van der Waals surface area contributed by atoms with E-state index in [1.807, 2.05) is 18.2 Å². The van der Waals surface area contributed by atoms with Gasteiger partial charge >= 0.3 is 0 Å². The zero-order valence-electron chi connectivity index (χ0n) is 26.7. The first kappa shape index (κ1) is 31.4. The van der Waals surface area contributed by atoms with E-state index >= 15 is 0 Å². The van der Waals surface area contributed by atoms with Crippen molar-refractivity contribution in [3.05, 3.63) is 141 Å². The number of hydrogen-bond acceptors (Lipinski definition) is 3.